The van der Waals surface area contributed by atoms with Crippen LogP contribution in [0, 0.1) is 0 Å². The second-order valence-electron chi connectivity index (χ2n) is 7.46. The van der Waals surface area contributed by atoms with Gasteiger partial charge in [-0.2, -0.15) is 0 Å². The fourth-order valence-electron chi connectivity index (χ4n) is 3.41. The van der Waals surface area contributed by atoms with E-state index >= 15 is 0 Å². The summed E-state index contributed by atoms with van der Waals surface area (Å²) >= 11 is 0. The molecule has 1 amide bonds. The Morgan fingerprint density at radius 1 is 1.03 bits per heavy atom. The lowest BCUT2D eigenvalue weighted by Crippen LogP contribution is -2.36. The van der Waals surface area contributed by atoms with Crippen LogP contribution in [0.1, 0.15) is 18.9 Å². The molecule has 3 rings (SSSR count). The molecule has 1 saturated heterocycles. The molecule has 2 aromatic carbocycles. The van der Waals surface area contributed by atoms with Crippen molar-refractivity contribution in [2.75, 3.05) is 50.7 Å². The largest absolute Gasteiger partial charge is 0.493 e. The van der Waals surface area contributed by atoms with Crippen LogP contribution in [-0.2, 0) is 25.5 Å². The lowest BCUT2D eigenvalue weighted by Gasteiger charge is -2.28. The van der Waals surface area contributed by atoms with Gasteiger partial charge in [0.1, 0.15) is 0 Å². The number of esters is 1. The first kappa shape index (κ1) is 23.4. The standard InChI is InChI=1S/C24H30N2O6/c1-17(32-23(27)11-5-18-4-10-21(29-2)22(16-18)30-3)24(28)25-19-6-8-20(9-7-19)26-12-14-31-15-13-26/h4,6-10,16-17H,5,11-15H2,1-3H3,(H,25,28). The van der Waals surface area contributed by atoms with Gasteiger partial charge < -0.3 is 29.2 Å². The zero-order valence-corrected chi connectivity index (χ0v) is 18.8. The van der Waals surface area contributed by atoms with Crippen molar-refractivity contribution in [3.63, 3.8) is 0 Å². The maximum atomic E-state index is 12.4. The van der Waals surface area contributed by atoms with Crippen LogP contribution in [0.15, 0.2) is 42.5 Å². The van der Waals surface area contributed by atoms with Gasteiger partial charge in [-0.15, -0.1) is 0 Å². The average Bonchev–Trinajstić information content (AvgIpc) is 2.83. The van der Waals surface area contributed by atoms with Crippen LogP contribution in [-0.4, -0.2) is 58.5 Å². The highest BCUT2D eigenvalue weighted by atomic mass is 16.5. The molecular formula is C24H30N2O6. The van der Waals surface area contributed by atoms with Gasteiger partial charge in [-0.05, 0) is 55.3 Å². The molecule has 8 heteroatoms. The number of carbonyl (C=O) groups excluding carboxylic acids is 2. The number of hydrogen-bond acceptors (Lipinski definition) is 7. The lowest BCUT2D eigenvalue weighted by atomic mass is 10.1. The molecule has 0 radical (unpaired) electrons. The Morgan fingerprint density at radius 3 is 2.38 bits per heavy atom. The third kappa shape index (κ3) is 6.37. The van der Waals surface area contributed by atoms with Crippen molar-refractivity contribution in [2.24, 2.45) is 0 Å². The number of amides is 1. The van der Waals surface area contributed by atoms with E-state index < -0.39 is 12.1 Å². The lowest BCUT2D eigenvalue weighted by molar-refractivity contribution is -0.153. The Labute approximate surface area is 188 Å². The van der Waals surface area contributed by atoms with E-state index in [1.807, 2.05) is 36.4 Å². The third-order valence-electron chi connectivity index (χ3n) is 5.25. The van der Waals surface area contributed by atoms with Gasteiger partial charge in [-0.3, -0.25) is 9.59 Å². The van der Waals surface area contributed by atoms with Crippen LogP contribution in [0.3, 0.4) is 0 Å². The van der Waals surface area contributed by atoms with Gasteiger partial charge in [0.25, 0.3) is 5.91 Å². The average molecular weight is 443 g/mol. The predicted molar refractivity (Wildman–Crippen MR) is 122 cm³/mol. The van der Waals surface area contributed by atoms with E-state index in [1.165, 1.54) is 0 Å². The number of nitrogens with one attached hydrogen (secondary N) is 1. The quantitative estimate of drug-likeness (QED) is 0.598. The zero-order valence-electron chi connectivity index (χ0n) is 18.8. The molecule has 1 atom stereocenters. The minimum absolute atomic E-state index is 0.154. The molecule has 1 aliphatic heterocycles. The molecule has 0 saturated carbocycles. The second kappa shape index (κ2) is 11.4. The number of aryl methyl sites for hydroxylation is 1. The second-order valence-corrected chi connectivity index (χ2v) is 7.46. The summed E-state index contributed by atoms with van der Waals surface area (Å²) in [5, 5.41) is 2.79. The molecule has 32 heavy (non-hydrogen) atoms. The fourth-order valence-corrected chi connectivity index (χ4v) is 3.41. The van der Waals surface area contributed by atoms with Gasteiger partial charge in [0.2, 0.25) is 0 Å². The van der Waals surface area contributed by atoms with Crippen LogP contribution in [0.2, 0.25) is 0 Å². The molecule has 172 valence electrons. The normalized spacial score (nSPS) is 14.4. The van der Waals surface area contributed by atoms with E-state index in [0.29, 0.717) is 36.8 Å². The minimum Gasteiger partial charge on any atom is -0.493 e. The van der Waals surface area contributed by atoms with Gasteiger partial charge in [0, 0.05) is 30.9 Å². The maximum absolute atomic E-state index is 12.4. The first-order valence-corrected chi connectivity index (χ1v) is 10.6. The molecule has 1 fully saturated rings. The first-order valence-electron chi connectivity index (χ1n) is 10.6. The van der Waals surface area contributed by atoms with Crippen molar-refractivity contribution >= 4 is 23.3 Å². The number of anilines is 2. The number of hydrogen-bond donors (Lipinski definition) is 1. The summed E-state index contributed by atoms with van der Waals surface area (Å²) in [4.78, 5) is 26.9. The van der Waals surface area contributed by atoms with Gasteiger partial charge in [0.15, 0.2) is 17.6 Å². The van der Waals surface area contributed by atoms with Crippen LogP contribution < -0.4 is 19.7 Å². The molecule has 0 spiro atoms. The third-order valence-corrected chi connectivity index (χ3v) is 5.25. The molecule has 0 aliphatic carbocycles. The van der Waals surface area contributed by atoms with E-state index in [4.69, 9.17) is 18.9 Å². The monoisotopic (exact) mass is 442 g/mol. The summed E-state index contributed by atoms with van der Waals surface area (Å²) in [6.07, 6.45) is -0.274. The summed E-state index contributed by atoms with van der Waals surface area (Å²) in [5.74, 6) is 0.418. The summed E-state index contributed by atoms with van der Waals surface area (Å²) in [6.45, 7) is 4.69. The molecule has 1 aliphatic rings. The maximum Gasteiger partial charge on any atom is 0.306 e. The number of morpholine rings is 1. The summed E-state index contributed by atoms with van der Waals surface area (Å²) in [6, 6.07) is 13.1. The molecule has 0 bridgehead atoms. The van der Waals surface area contributed by atoms with Crippen LogP contribution in [0.4, 0.5) is 11.4 Å². The van der Waals surface area contributed by atoms with Crippen molar-refractivity contribution in [1.29, 1.82) is 0 Å². The number of methoxy groups -OCH3 is 2. The molecule has 8 nitrogen and oxygen atoms in total. The Balaban J connectivity index is 1.46. The van der Waals surface area contributed by atoms with Gasteiger partial charge in [-0.25, -0.2) is 0 Å². The summed E-state index contributed by atoms with van der Waals surface area (Å²) in [7, 11) is 3.13. The van der Waals surface area contributed by atoms with E-state index in [9.17, 15) is 9.59 Å². The SMILES string of the molecule is COc1ccc(CCC(=O)OC(C)C(=O)Nc2ccc(N3CCOCC3)cc2)cc1OC. The van der Waals surface area contributed by atoms with Crippen molar-refractivity contribution in [2.45, 2.75) is 25.9 Å². The minimum atomic E-state index is -0.896. The highest BCUT2D eigenvalue weighted by Gasteiger charge is 2.18. The Bertz CT molecular complexity index is 909. The topological polar surface area (TPSA) is 86.3 Å². The summed E-state index contributed by atoms with van der Waals surface area (Å²) < 4.78 is 21.2. The highest BCUT2D eigenvalue weighted by molar-refractivity contribution is 5.95. The molecule has 1 heterocycles. The van der Waals surface area contributed by atoms with Crippen molar-refractivity contribution in [1.82, 2.24) is 0 Å². The highest BCUT2D eigenvalue weighted by Crippen LogP contribution is 2.28. The molecule has 1 N–H and O–H groups in total. The van der Waals surface area contributed by atoms with E-state index in [0.717, 1.165) is 24.3 Å². The fraction of sp³-hybridized carbons (Fsp3) is 0.417. The summed E-state index contributed by atoms with van der Waals surface area (Å²) in [5.41, 5.74) is 2.65. The smallest absolute Gasteiger partial charge is 0.306 e. The number of benzene rings is 2. The number of nitrogens with zero attached hydrogens (tertiary/aromatic N) is 1. The molecule has 2 aromatic rings. The predicted octanol–water partition coefficient (Wildman–Crippen LogP) is 3.04. The molecule has 0 aromatic heterocycles. The van der Waals surface area contributed by atoms with Crippen LogP contribution in [0.5, 0.6) is 11.5 Å². The Hall–Kier alpha value is -3.26. The molecular weight excluding hydrogens is 412 g/mol. The van der Waals surface area contributed by atoms with E-state index in [-0.39, 0.29) is 12.3 Å². The van der Waals surface area contributed by atoms with Gasteiger partial charge >= 0.3 is 5.97 Å². The van der Waals surface area contributed by atoms with Crippen LogP contribution >= 0.6 is 0 Å². The van der Waals surface area contributed by atoms with E-state index in [2.05, 4.69) is 10.2 Å². The van der Waals surface area contributed by atoms with E-state index in [1.54, 1.807) is 27.2 Å². The van der Waals surface area contributed by atoms with Gasteiger partial charge in [-0.1, -0.05) is 6.07 Å². The number of carbonyl (C=O) groups is 2. The van der Waals surface area contributed by atoms with Crippen LogP contribution in [0.25, 0.3) is 0 Å². The zero-order chi connectivity index (χ0) is 22.9. The molecule has 1 unspecified atom stereocenters. The van der Waals surface area contributed by atoms with Crippen molar-refractivity contribution in [3.8, 4) is 11.5 Å². The van der Waals surface area contributed by atoms with Gasteiger partial charge in [0.05, 0.1) is 27.4 Å². The Morgan fingerprint density at radius 2 is 1.72 bits per heavy atom. The number of ether oxygens (including phenoxy) is 4. The first-order chi connectivity index (χ1) is 15.5. The Kier molecular flexibility index (Phi) is 8.33. The van der Waals surface area contributed by atoms with Crippen molar-refractivity contribution in [3.05, 3.63) is 48.0 Å². The van der Waals surface area contributed by atoms with Crippen molar-refractivity contribution < 1.29 is 28.5 Å². The number of rotatable bonds is 9.